The van der Waals surface area contributed by atoms with E-state index < -0.39 is 0 Å². The Balaban J connectivity index is 1.82. The van der Waals surface area contributed by atoms with Crippen LogP contribution in [-0.4, -0.2) is 28.6 Å². The predicted molar refractivity (Wildman–Crippen MR) is 83.4 cm³/mol. The summed E-state index contributed by atoms with van der Waals surface area (Å²) in [5.41, 5.74) is 0.348. The van der Waals surface area contributed by atoms with Crippen molar-refractivity contribution in [1.29, 1.82) is 0 Å². The fourth-order valence-electron chi connectivity index (χ4n) is 2.37. The zero-order chi connectivity index (χ0) is 14.2. The van der Waals surface area contributed by atoms with Crippen LogP contribution in [0.15, 0.2) is 36.4 Å². The highest BCUT2D eigenvalue weighted by atomic mass is 32.2. The van der Waals surface area contributed by atoms with Crippen LogP contribution in [0.25, 0.3) is 10.8 Å². The van der Waals surface area contributed by atoms with Gasteiger partial charge in [0.1, 0.15) is 5.75 Å². The molecular formula is C16H17NO2S. The molecule has 0 unspecified atom stereocenters. The van der Waals surface area contributed by atoms with E-state index in [9.17, 15) is 9.90 Å². The number of hydrogen-bond acceptors (Lipinski definition) is 3. The van der Waals surface area contributed by atoms with Gasteiger partial charge in [-0.25, -0.2) is 0 Å². The second-order valence-electron chi connectivity index (χ2n) is 5.25. The molecule has 0 bridgehead atoms. The van der Waals surface area contributed by atoms with Gasteiger partial charge in [-0.3, -0.25) is 4.79 Å². The summed E-state index contributed by atoms with van der Waals surface area (Å²) in [5, 5.41) is 14.8. The van der Waals surface area contributed by atoms with E-state index in [1.165, 1.54) is 0 Å². The minimum Gasteiger partial charge on any atom is -0.506 e. The molecule has 2 N–H and O–H groups in total. The summed E-state index contributed by atoms with van der Waals surface area (Å²) in [5.74, 6) is -0.136. The fraction of sp³-hybridized carbons (Fsp3) is 0.312. The van der Waals surface area contributed by atoms with Gasteiger partial charge in [0.05, 0.1) is 5.56 Å². The first-order chi connectivity index (χ1) is 9.65. The van der Waals surface area contributed by atoms with E-state index in [2.05, 4.69) is 11.6 Å². The molecule has 0 atom stereocenters. The lowest BCUT2D eigenvalue weighted by Gasteiger charge is -2.14. The number of phenolic OH excluding ortho intramolecular Hbond substituents is 1. The molecule has 104 valence electrons. The van der Waals surface area contributed by atoms with Gasteiger partial charge in [0, 0.05) is 16.7 Å². The van der Waals surface area contributed by atoms with Gasteiger partial charge in [-0.15, -0.1) is 0 Å². The molecule has 2 aromatic rings. The van der Waals surface area contributed by atoms with Crippen LogP contribution < -0.4 is 5.32 Å². The summed E-state index contributed by atoms with van der Waals surface area (Å²) in [6, 6.07) is 11.1. The number of thioether (sulfide) groups is 1. The van der Waals surface area contributed by atoms with Gasteiger partial charge in [-0.2, -0.15) is 11.8 Å². The van der Waals surface area contributed by atoms with Gasteiger partial charge in [0.25, 0.3) is 5.91 Å². The van der Waals surface area contributed by atoms with Gasteiger partial charge >= 0.3 is 0 Å². The first kappa shape index (κ1) is 13.3. The van der Waals surface area contributed by atoms with Gasteiger partial charge in [0.15, 0.2) is 0 Å². The summed E-state index contributed by atoms with van der Waals surface area (Å²) in [7, 11) is 0. The molecule has 1 saturated carbocycles. The summed E-state index contributed by atoms with van der Waals surface area (Å²) >= 11 is 1.80. The van der Waals surface area contributed by atoms with Crippen LogP contribution in [0, 0.1) is 0 Å². The monoisotopic (exact) mass is 287 g/mol. The van der Waals surface area contributed by atoms with Crippen molar-refractivity contribution in [2.24, 2.45) is 0 Å². The lowest BCUT2D eigenvalue weighted by Crippen LogP contribution is -2.31. The number of carbonyl (C=O) groups is 1. The molecule has 4 heteroatoms. The molecule has 2 aromatic carbocycles. The Labute approximate surface area is 122 Å². The quantitative estimate of drug-likeness (QED) is 0.908. The number of nitrogens with one attached hydrogen (secondary N) is 1. The largest absolute Gasteiger partial charge is 0.506 e. The van der Waals surface area contributed by atoms with Gasteiger partial charge in [-0.1, -0.05) is 30.3 Å². The van der Waals surface area contributed by atoms with E-state index in [0.29, 0.717) is 17.5 Å². The Morgan fingerprint density at radius 3 is 2.75 bits per heavy atom. The molecule has 1 amide bonds. The molecule has 0 saturated heterocycles. The van der Waals surface area contributed by atoms with Crippen LogP contribution in [-0.2, 0) is 0 Å². The van der Waals surface area contributed by atoms with E-state index in [1.807, 2.05) is 30.3 Å². The maximum Gasteiger partial charge on any atom is 0.255 e. The highest BCUT2D eigenvalue weighted by Gasteiger charge is 2.42. The highest BCUT2D eigenvalue weighted by Crippen LogP contribution is 2.46. The molecule has 20 heavy (non-hydrogen) atoms. The number of benzene rings is 2. The van der Waals surface area contributed by atoms with Crippen LogP contribution in [0.2, 0.25) is 0 Å². The molecule has 0 heterocycles. The van der Waals surface area contributed by atoms with Crippen molar-refractivity contribution in [3.05, 3.63) is 42.0 Å². The van der Waals surface area contributed by atoms with Crippen molar-refractivity contribution in [3.63, 3.8) is 0 Å². The summed E-state index contributed by atoms with van der Waals surface area (Å²) in [6.07, 6.45) is 4.38. The third kappa shape index (κ3) is 2.36. The maximum atomic E-state index is 12.2. The van der Waals surface area contributed by atoms with Crippen molar-refractivity contribution in [2.45, 2.75) is 17.6 Å². The number of rotatable bonds is 4. The Bertz CT molecular complexity index is 665. The van der Waals surface area contributed by atoms with Crippen LogP contribution in [0.3, 0.4) is 0 Å². The number of amides is 1. The van der Waals surface area contributed by atoms with E-state index in [0.717, 1.165) is 18.2 Å². The molecule has 0 radical (unpaired) electrons. The minimum atomic E-state index is -0.200. The second-order valence-corrected chi connectivity index (χ2v) is 6.53. The topological polar surface area (TPSA) is 49.3 Å². The standard InChI is InChI=1S/C16H17NO2S/c1-20-16(8-9-16)10-17-15(19)13-7-6-11-4-2-3-5-12(11)14(13)18/h2-7,18H,8-10H2,1H3,(H,17,19). The van der Waals surface area contributed by atoms with Crippen LogP contribution in [0.5, 0.6) is 5.75 Å². The summed E-state index contributed by atoms with van der Waals surface area (Å²) < 4.78 is 0.224. The number of carbonyl (C=O) groups excluding carboxylic acids is 1. The molecule has 1 fully saturated rings. The molecule has 0 aromatic heterocycles. The number of phenols is 1. The lowest BCUT2D eigenvalue weighted by atomic mass is 10.0. The van der Waals surface area contributed by atoms with E-state index in [4.69, 9.17) is 0 Å². The van der Waals surface area contributed by atoms with Gasteiger partial charge in [0.2, 0.25) is 0 Å². The Hall–Kier alpha value is -1.68. The zero-order valence-electron chi connectivity index (χ0n) is 11.3. The molecule has 0 spiro atoms. The van der Waals surface area contributed by atoms with Crippen LogP contribution in [0.4, 0.5) is 0 Å². The Kier molecular flexibility index (Phi) is 3.34. The van der Waals surface area contributed by atoms with Gasteiger partial charge < -0.3 is 10.4 Å². The third-order valence-corrected chi connectivity index (χ3v) is 5.38. The average Bonchev–Trinajstić information content (AvgIpc) is 3.26. The average molecular weight is 287 g/mol. The highest BCUT2D eigenvalue weighted by molar-refractivity contribution is 8.00. The van der Waals surface area contributed by atoms with Crippen molar-refractivity contribution >= 4 is 28.4 Å². The number of fused-ring (bicyclic) bond motifs is 1. The Morgan fingerprint density at radius 1 is 1.30 bits per heavy atom. The van der Waals surface area contributed by atoms with Crippen LogP contribution >= 0.6 is 11.8 Å². The van der Waals surface area contributed by atoms with Crippen LogP contribution in [0.1, 0.15) is 23.2 Å². The van der Waals surface area contributed by atoms with E-state index in [-0.39, 0.29) is 16.4 Å². The lowest BCUT2D eigenvalue weighted by molar-refractivity contribution is 0.0950. The third-order valence-electron chi connectivity index (χ3n) is 3.96. The maximum absolute atomic E-state index is 12.2. The second kappa shape index (κ2) is 5.02. The SMILES string of the molecule is CSC1(CNC(=O)c2ccc3ccccc3c2O)CC1. The summed E-state index contributed by atoms with van der Waals surface area (Å²) in [4.78, 5) is 12.2. The number of hydrogen-bond donors (Lipinski definition) is 2. The van der Waals surface area contributed by atoms with E-state index in [1.54, 1.807) is 17.8 Å². The minimum absolute atomic E-state index is 0.0644. The normalized spacial score (nSPS) is 16.1. The summed E-state index contributed by atoms with van der Waals surface area (Å²) in [6.45, 7) is 0.666. The zero-order valence-corrected chi connectivity index (χ0v) is 12.2. The molecule has 3 nitrogen and oxygen atoms in total. The first-order valence-electron chi connectivity index (χ1n) is 6.69. The first-order valence-corrected chi connectivity index (χ1v) is 7.92. The van der Waals surface area contributed by atoms with Crippen molar-refractivity contribution in [2.75, 3.05) is 12.8 Å². The van der Waals surface area contributed by atoms with Crippen molar-refractivity contribution in [1.82, 2.24) is 5.32 Å². The molecule has 3 rings (SSSR count). The molecule has 1 aliphatic carbocycles. The van der Waals surface area contributed by atoms with Crippen molar-refractivity contribution in [3.8, 4) is 5.75 Å². The number of aromatic hydroxyl groups is 1. The molecule has 0 aliphatic heterocycles. The Morgan fingerprint density at radius 2 is 2.05 bits per heavy atom. The van der Waals surface area contributed by atoms with E-state index >= 15 is 0 Å². The predicted octanol–water partition coefficient (Wildman–Crippen LogP) is 3.17. The smallest absolute Gasteiger partial charge is 0.255 e. The molecule has 1 aliphatic rings. The van der Waals surface area contributed by atoms with Gasteiger partial charge in [-0.05, 0) is 30.6 Å². The fourth-order valence-corrected chi connectivity index (χ4v) is 3.09. The van der Waals surface area contributed by atoms with Crippen molar-refractivity contribution < 1.29 is 9.90 Å². The molecular weight excluding hydrogens is 270 g/mol.